The van der Waals surface area contributed by atoms with E-state index in [1.54, 1.807) is 17.9 Å². The number of tetrazole rings is 1. The van der Waals surface area contributed by atoms with Crippen LogP contribution in [0, 0.1) is 0 Å². The molecule has 2 aliphatic rings. The lowest BCUT2D eigenvalue weighted by atomic mass is 9.96. The Morgan fingerprint density at radius 2 is 1.97 bits per heavy atom. The van der Waals surface area contributed by atoms with Crippen LogP contribution in [-0.4, -0.2) is 57.1 Å². The average Bonchev–Trinajstić information content (AvgIpc) is 3.51. The number of aromatic amines is 1. The van der Waals surface area contributed by atoms with Crippen LogP contribution in [0.3, 0.4) is 0 Å². The fourth-order valence-corrected chi connectivity index (χ4v) is 4.80. The second kappa shape index (κ2) is 8.54. The van der Waals surface area contributed by atoms with Crippen LogP contribution in [0.5, 0.6) is 11.5 Å². The summed E-state index contributed by atoms with van der Waals surface area (Å²) in [7, 11) is 1.64. The van der Waals surface area contributed by atoms with Crippen LogP contribution in [0.2, 0.25) is 0 Å². The minimum Gasteiger partial charge on any atom is -0.454 e. The van der Waals surface area contributed by atoms with E-state index in [0.717, 1.165) is 18.4 Å². The van der Waals surface area contributed by atoms with Gasteiger partial charge in [0.15, 0.2) is 17.3 Å². The minimum atomic E-state index is -0.432. The first-order valence-corrected chi connectivity index (χ1v) is 11.2. The summed E-state index contributed by atoms with van der Waals surface area (Å²) >= 11 is 0. The highest BCUT2D eigenvalue weighted by atomic mass is 16.7. The van der Waals surface area contributed by atoms with Gasteiger partial charge in [0.2, 0.25) is 6.79 Å². The molecular weight excluding hydrogens is 436 g/mol. The van der Waals surface area contributed by atoms with Gasteiger partial charge in [0, 0.05) is 37.2 Å². The Labute approximate surface area is 195 Å². The van der Waals surface area contributed by atoms with E-state index in [9.17, 15) is 4.79 Å². The van der Waals surface area contributed by atoms with E-state index in [4.69, 9.17) is 14.2 Å². The van der Waals surface area contributed by atoms with Gasteiger partial charge in [-0.05, 0) is 40.1 Å². The number of ether oxygens (including phenoxy) is 3. The van der Waals surface area contributed by atoms with Gasteiger partial charge in [-0.1, -0.05) is 24.3 Å². The quantitative estimate of drug-likeness (QED) is 0.466. The van der Waals surface area contributed by atoms with Gasteiger partial charge in [-0.15, -0.1) is 5.10 Å². The number of methoxy groups -OCH3 is 1. The Morgan fingerprint density at radius 1 is 1.15 bits per heavy atom. The molecule has 2 aromatic carbocycles. The van der Waals surface area contributed by atoms with E-state index in [1.807, 2.05) is 18.2 Å². The fourth-order valence-electron chi connectivity index (χ4n) is 4.80. The van der Waals surface area contributed by atoms with Crippen molar-refractivity contribution in [3.05, 3.63) is 75.3 Å². The molecule has 10 nitrogen and oxygen atoms in total. The number of H-pyrrole nitrogens is 1. The molecule has 174 valence electrons. The zero-order chi connectivity index (χ0) is 23.1. The zero-order valence-corrected chi connectivity index (χ0v) is 18.7. The van der Waals surface area contributed by atoms with E-state index in [-0.39, 0.29) is 12.4 Å². The van der Waals surface area contributed by atoms with Crippen molar-refractivity contribution in [2.75, 3.05) is 27.1 Å². The standard InChI is InChI=1S/C24H24N6O4/c1-32-9-8-30-23(26-27-28-30)22(29-7-6-15-4-2-3-5-16(15)13-29)18-10-17-11-20-21(34-14-33-20)12-19(17)25-24(18)31/h2-5,10-12,22H,6-9,13-14H2,1H3,(H,25,31)/t22-/m1/s1. The Kier molecular flexibility index (Phi) is 5.23. The number of nitrogens with one attached hydrogen (secondary N) is 1. The van der Waals surface area contributed by atoms with E-state index in [0.29, 0.717) is 48.1 Å². The van der Waals surface area contributed by atoms with Crippen LogP contribution >= 0.6 is 0 Å². The van der Waals surface area contributed by atoms with E-state index in [1.165, 1.54) is 11.1 Å². The molecule has 2 aromatic heterocycles. The molecule has 34 heavy (non-hydrogen) atoms. The molecule has 0 fully saturated rings. The molecule has 0 bridgehead atoms. The first-order valence-electron chi connectivity index (χ1n) is 11.2. The third-order valence-corrected chi connectivity index (χ3v) is 6.50. The number of nitrogens with zero attached hydrogens (tertiary/aromatic N) is 5. The average molecular weight is 460 g/mol. The third-order valence-electron chi connectivity index (χ3n) is 6.50. The summed E-state index contributed by atoms with van der Waals surface area (Å²) < 4.78 is 18.0. The molecule has 6 rings (SSSR count). The Bertz CT molecular complexity index is 1410. The largest absolute Gasteiger partial charge is 0.454 e. The summed E-state index contributed by atoms with van der Waals surface area (Å²) in [5, 5.41) is 13.3. The number of fused-ring (bicyclic) bond motifs is 3. The highest BCUT2D eigenvalue weighted by Crippen LogP contribution is 2.37. The second-order valence-electron chi connectivity index (χ2n) is 8.49. The van der Waals surface area contributed by atoms with Crippen molar-refractivity contribution in [1.82, 2.24) is 30.1 Å². The van der Waals surface area contributed by atoms with Crippen LogP contribution in [0.15, 0.2) is 47.3 Å². The minimum absolute atomic E-state index is 0.173. The zero-order valence-electron chi connectivity index (χ0n) is 18.7. The van der Waals surface area contributed by atoms with Crippen LogP contribution in [0.1, 0.15) is 28.6 Å². The Morgan fingerprint density at radius 3 is 2.82 bits per heavy atom. The van der Waals surface area contributed by atoms with Gasteiger partial charge in [-0.3, -0.25) is 9.69 Å². The van der Waals surface area contributed by atoms with Crippen molar-refractivity contribution >= 4 is 10.9 Å². The number of aromatic nitrogens is 5. The molecule has 1 N–H and O–H groups in total. The van der Waals surface area contributed by atoms with Crippen molar-refractivity contribution in [3.8, 4) is 11.5 Å². The van der Waals surface area contributed by atoms with Crippen LogP contribution < -0.4 is 15.0 Å². The van der Waals surface area contributed by atoms with Gasteiger partial charge in [0.1, 0.15) is 6.04 Å². The maximum atomic E-state index is 13.4. The fraction of sp³-hybridized carbons (Fsp3) is 0.333. The number of hydrogen-bond donors (Lipinski definition) is 1. The van der Waals surface area contributed by atoms with Crippen LogP contribution in [-0.2, 0) is 24.2 Å². The van der Waals surface area contributed by atoms with E-state index < -0.39 is 6.04 Å². The van der Waals surface area contributed by atoms with Crippen molar-refractivity contribution in [2.45, 2.75) is 25.6 Å². The van der Waals surface area contributed by atoms with Gasteiger partial charge >= 0.3 is 0 Å². The SMILES string of the molecule is COCCn1nnnc1[C@@H](c1cc2cc3c(cc2[nH]c1=O)OCO3)N1CCc2ccccc2C1. The van der Waals surface area contributed by atoms with Crippen LogP contribution in [0.4, 0.5) is 0 Å². The smallest absolute Gasteiger partial charge is 0.253 e. The monoisotopic (exact) mass is 460 g/mol. The summed E-state index contributed by atoms with van der Waals surface area (Å²) in [6, 6.07) is 13.6. The van der Waals surface area contributed by atoms with E-state index in [2.05, 4.69) is 43.6 Å². The predicted octanol–water partition coefficient (Wildman–Crippen LogP) is 2.04. The summed E-state index contributed by atoms with van der Waals surface area (Å²) in [6.45, 7) is 2.59. The van der Waals surface area contributed by atoms with Gasteiger partial charge in [-0.2, -0.15) is 0 Å². The molecule has 4 heterocycles. The molecule has 0 unspecified atom stereocenters. The van der Waals surface area contributed by atoms with Crippen LogP contribution in [0.25, 0.3) is 10.9 Å². The normalized spacial score (nSPS) is 16.0. The first kappa shape index (κ1) is 20.8. The molecule has 0 spiro atoms. The summed E-state index contributed by atoms with van der Waals surface area (Å²) in [6.07, 6.45) is 0.885. The highest BCUT2D eigenvalue weighted by Gasteiger charge is 2.32. The van der Waals surface area contributed by atoms with E-state index >= 15 is 0 Å². The summed E-state index contributed by atoms with van der Waals surface area (Å²) in [4.78, 5) is 18.7. The molecule has 10 heteroatoms. The first-order chi connectivity index (χ1) is 16.7. The number of rotatable bonds is 6. The summed E-state index contributed by atoms with van der Waals surface area (Å²) in [5.41, 5.74) is 3.67. The molecule has 0 aliphatic carbocycles. The Balaban J connectivity index is 1.48. The number of pyridine rings is 1. The van der Waals surface area contributed by atoms with Crippen molar-refractivity contribution in [3.63, 3.8) is 0 Å². The topological polar surface area (TPSA) is 107 Å². The predicted molar refractivity (Wildman–Crippen MR) is 123 cm³/mol. The van der Waals surface area contributed by atoms with Gasteiger partial charge in [-0.25, -0.2) is 4.68 Å². The maximum absolute atomic E-state index is 13.4. The van der Waals surface area contributed by atoms with Gasteiger partial charge in [0.05, 0.1) is 18.7 Å². The lowest BCUT2D eigenvalue weighted by Crippen LogP contribution is -2.38. The lowest BCUT2D eigenvalue weighted by molar-refractivity contribution is 0.169. The number of hydrogen-bond acceptors (Lipinski definition) is 8. The molecule has 0 saturated carbocycles. The molecule has 2 aliphatic heterocycles. The van der Waals surface area contributed by atoms with Crippen molar-refractivity contribution < 1.29 is 14.2 Å². The molecule has 1 atom stereocenters. The highest BCUT2D eigenvalue weighted by molar-refractivity contribution is 5.83. The molecule has 0 amide bonds. The van der Waals surface area contributed by atoms with Gasteiger partial charge in [0.25, 0.3) is 5.56 Å². The summed E-state index contributed by atoms with van der Waals surface area (Å²) in [5.74, 6) is 1.91. The molecule has 0 radical (unpaired) electrons. The Hall–Kier alpha value is -3.76. The van der Waals surface area contributed by atoms with Crippen molar-refractivity contribution in [2.24, 2.45) is 0 Å². The number of benzene rings is 2. The second-order valence-corrected chi connectivity index (χ2v) is 8.49. The lowest BCUT2D eigenvalue weighted by Gasteiger charge is -2.34. The maximum Gasteiger partial charge on any atom is 0.253 e. The van der Waals surface area contributed by atoms with Gasteiger partial charge < -0.3 is 19.2 Å². The molecule has 4 aromatic rings. The molecular formula is C24H24N6O4. The third kappa shape index (κ3) is 3.61. The van der Waals surface area contributed by atoms with Crippen molar-refractivity contribution in [1.29, 1.82) is 0 Å². The molecule has 0 saturated heterocycles.